The van der Waals surface area contributed by atoms with Crippen molar-refractivity contribution in [2.24, 2.45) is 0 Å². The van der Waals surface area contributed by atoms with Crippen LogP contribution in [0.4, 0.5) is 10.1 Å². The highest BCUT2D eigenvalue weighted by molar-refractivity contribution is 6.30. The van der Waals surface area contributed by atoms with Crippen molar-refractivity contribution in [3.05, 3.63) is 29.0 Å². The fourth-order valence-electron chi connectivity index (χ4n) is 0.715. The summed E-state index contributed by atoms with van der Waals surface area (Å²) in [6, 6.07) is 3.71. The average Bonchev–Trinajstić information content (AvgIpc) is 2.14. The normalized spacial score (nSPS) is 13.8. The number of benzene rings is 1. The number of nitrogens with one attached hydrogen (secondary N) is 2. The lowest BCUT2D eigenvalue weighted by Gasteiger charge is -2.06. The molecule has 1 aromatic carbocycles. The molecule has 70 valence electrons. The molecule has 0 aromatic heterocycles. The summed E-state index contributed by atoms with van der Waals surface area (Å²) in [4.78, 5) is 10.9. The summed E-state index contributed by atoms with van der Waals surface area (Å²) in [5.74, 6) is -1.92. The van der Waals surface area contributed by atoms with Gasteiger partial charge in [-0.3, -0.25) is 15.6 Å². The minimum Gasteiger partial charge on any atom is -0.296 e. The van der Waals surface area contributed by atoms with E-state index in [0.717, 1.165) is 6.07 Å². The van der Waals surface area contributed by atoms with Gasteiger partial charge in [-0.25, -0.2) is 4.39 Å². The average molecular weight is 206 g/mol. The lowest BCUT2D eigenvalue weighted by Crippen LogP contribution is -2.26. The molecule has 0 fully saturated rings. The molecule has 0 bridgehead atoms. The zero-order valence-corrected chi connectivity index (χ0v) is 7.15. The van der Waals surface area contributed by atoms with Gasteiger partial charge in [-0.2, -0.15) is 0 Å². The van der Waals surface area contributed by atoms with Crippen LogP contribution in [-0.4, -0.2) is 5.91 Å². The summed E-state index contributed by atoms with van der Waals surface area (Å²) in [5, 5.41) is 0.199. The van der Waals surface area contributed by atoms with E-state index in [1.165, 1.54) is 12.1 Å². The van der Waals surface area contributed by atoms with Crippen molar-refractivity contribution in [1.82, 2.24) is 5.43 Å². The van der Waals surface area contributed by atoms with Crippen molar-refractivity contribution in [3.8, 4) is 0 Å². The second-order valence-corrected chi connectivity index (χ2v) is 2.64. The molecule has 0 saturated heterocycles. The molecule has 0 aliphatic carbocycles. The molecular weight excluding hydrogens is 195 g/mol. The zero-order chi connectivity index (χ0) is 12.3. The number of hydrogen-bond acceptors (Lipinski definition) is 2. The first-order valence-corrected chi connectivity index (χ1v) is 3.70. The topological polar surface area (TPSA) is 41.1 Å². The SMILES string of the molecule is [2H]C([2H])([2H])C(=O)NNc1ccc(Cl)cc1F. The van der Waals surface area contributed by atoms with E-state index in [1.807, 2.05) is 5.43 Å². The fraction of sp³-hybridized carbons (Fsp3) is 0.125. The predicted molar refractivity (Wildman–Crippen MR) is 48.8 cm³/mol. The van der Waals surface area contributed by atoms with Gasteiger partial charge < -0.3 is 0 Å². The van der Waals surface area contributed by atoms with Crippen LogP contribution in [0.15, 0.2) is 18.2 Å². The van der Waals surface area contributed by atoms with Crippen LogP contribution in [0.1, 0.15) is 11.0 Å². The molecule has 3 nitrogen and oxygen atoms in total. The number of carbonyl (C=O) groups is 1. The van der Waals surface area contributed by atoms with E-state index in [0.29, 0.717) is 0 Å². The highest BCUT2D eigenvalue weighted by Gasteiger charge is 2.01. The Labute approximate surface area is 84.1 Å². The molecule has 5 heteroatoms. The summed E-state index contributed by atoms with van der Waals surface area (Å²) in [6.45, 7) is -2.78. The molecule has 0 saturated carbocycles. The molecule has 2 N–H and O–H groups in total. The second-order valence-electron chi connectivity index (χ2n) is 2.20. The van der Waals surface area contributed by atoms with Gasteiger partial charge in [-0.15, -0.1) is 0 Å². The van der Waals surface area contributed by atoms with Gasteiger partial charge in [0.1, 0.15) is 5.82 Å². The summed E-state index contributed by atoms with van der Waals surface area (Å²) in [7, 11) is 0. The minimum absolute atomic E-state index is 0.0676. The summed E-state index contributed by atoms with van der Waals surface area (Å²) in [5.41, 5.74) is 3.95. The maximum absolute atomic E-state index is 13.2. The summed E-state index contributed by atoms with van der Waals surface area (Å²) < 4.78 is 33.4. The summed E-state index contributed by atoms with van der Waals surface area (Å²) >= 11 is 5.51. The molecule has 0 atom stereocenters. The Bertz CT molecular complexity index is 411. The number of anilines is 1. The Hall–Kier alpha value is -1.29. The number of hydrazine groups is 1. The fourth-order valence-corrected chi connectivity index (χ4v) is 0.874. The molecule has 1 amide bonds. The number of rotatable bonds is 2. The minimum atomic E-state index is -2.78. The Morgan fingerprint density at radius 3 is 3.08 bits per heavy atom. The Kier molecular flexibility index (Phi) is 1.95. The van der Waals surface area contributed by atoms with Gasteiger partial charge in [-0.1, -0.05) is 11.6 Å². The Morgan fingerprint density at radius 2 is 2.46 bits per heavy atom. The smallest absolute Gasteiger partial charge is 0.235 e. The van der Waals surface area contributed by atoms with Crippen LogP contribution in [-0.2, 0) is 4.79 Å². The van der Waals surface area contributed by atoms with Crippen molar-refractivity contribution in [2.45, 2.75) is 6.85 Å². The van der Waals surface area contributed by atoms with E-state index in [-0.39, 0.29) is 10.7 Å². The molecular formula is C8H8ClFN2O. The van der Waals surface area contributed by atoms with Gasteiger partial charge in [0.2, 0.25) is 5.91 Å². The first-order valence-electron chi connectivity index (χ1n) is 4.82. The third-order valence-electron chi connectivity index (χ3n) is 1.24. The lowest BCUT2D eigenvalue weighted by atomic mass is 10.3. The van der Waals surface area contributed by atoms with Gasteiger partial charge in [0, 0.05) is 16.0 Å². The van der Waals surface area contributed by atoms with E-state index >= 15 is 0 Å². The van der Waals surface area contributed by atoms with Crippen LogP contribution in [0.5, 0.6) is 0 Å². The molecule has 0 spiro atoms. The van der Waals surface area contributed by atoms with Gasteiger partial charge in [0.25, 0.3) is 0 Å². The van der Waals surface area contributed by atoms with E-state index < -0.39 is 18.6 Å². The van der Waals surface area contributed by atoms with E-state index in [9.17, 15) is 9.18 Å². The molecule has 0 heterocycles. The van der Waals surface area contributed by atoms with Crippen molar-refractivity contribution in [3.63, 3.8) is 0 Å². The Morgan fingerprint density at radius 1 is 1.69 bits per heavy atom. The van der Waals surface area contributed by atoms with Crippen molar-refractivity contribution in [1.29, 1.82) is 0 Å². The lowest BCUT2D eigenvalue weighted by molar-refractivity contribution is -0.118. The van der Waals surface area contributed by atoms with Crippen LogP contribution in [0.2, 0.25) is 5.02 Å². The first kappa shape index (κ1) is 6.21. The van der Waals surface area contributed by atoms with Crippen LogP contribution in [0.25, 0.3) is 0 Å². The van der Waals surface area contributed by atoms with E-state index in [2.05, 4.69) is 5.43 Å². The molecule has 0 unspecified atom stereocenters. The number of carbonyl (C=O) groups excluding carboxylic acids is 1. The largest absolute Gasteiger partial charge is 0.296 e. The summed E-state index contributed by atoms with van der Waals surface area (Å²) in [6.07, 6.45) is 0. The first-order chi connectivity index (χ1) is 7.30. The molecule has 0 aliphatic heterocycles. The molecule has 0 aliphatic rings. The van der Waals surface area contributed by atoms with Crippen LogP contribution < -0.4 is 10.9 Å². The molecule has 13 heavy (non-hydrogen) atoms. The van der Waals surface area contributed by atoms with Gasteiger partial charge in [0.05, 0.1) is 5.69 Å². The predicted octanol–water partition coefficient (Wildman–Crippen LogP) is 1.94. The number of hydrogen-bond donors (Lipinski definition) is 2. The second kappa shape index (κ2) is 4.09. The number of halogens is 2. The van der Waals surface area contributed by atoms with E-state index in [1.54, 1.807) is 0 Å². The maximum atomic E-state index is 13.2. The standard InChI is InChI=1S/C8H8ClFN2O/c1-5(13)11-12-8-3-2-6(9)4-7(8)10/h2-4,12H,1H3,(H,11,13)/i1D3. The van der Waals surface area contributed by atoms with Crippen LogP contribution >= 0.6 is 11.6 Å². The monoisotopic (exact) mass is 205 g/mol. The van der Waals surface area contributed by atoms with Crippen LogP contribution in [0.3, 0.4) is 0 Å². The quantitative estimate of drug-likeness (QED) is 0.725. The third kappa shape index (κ3) is 2.91. The van der Waals surface area contributed by atoms with Crippen molar-refractivity contribution >= 4 is 23.2 Å². The highest BCUT2D eigenvalue weighted by Crippen LogP contribution is 2.17. The van der Waals surface area contributed by atoms with Crippen molar-refractivity contribution < 1.29 is 13.3 Å². The third-order valence-corrected chi connectivity index (χ3v) is 1.48. The Balaban J connectivity index is 2.65. The highest BCUT2D eigenvalue weighted by atomic mass is 35.5. The van der Waals surface area contributed by atoms with Gasteiger partial charge in [0.15, 0.2) is 0 Å². The van der Waals surface area contributed by atoms with Crippen LogP contribution in [0, 0.1) is 5.82 Å². The van der Waals surface area contributed by atoms with Crippen molar-refractivity contribution in [2.75, 3.05) is 5.43 Å². The zero-order valence-electron chi connectivity index (χ0n) is 9.40. The number of amides is 1. The van der Waals surface area contributed by atoms with Gasteiger partial charge >= 0.3 is 0 Å². The molecule has 0 radical (unpaired) electrons. The molecule has 1 aromatic rings. The maximum Gasteiger partial charge on any atom is 0.235 e. The van der Waals surface area contributed by atoms with Gasteiger partial charge in [-0.05, 0) is 18.2 Å². The molecule has 1 rings (SSSR count). The van der Waals surface area contributed by atoms with E-state index in [4.69, 9.17) is 15.7 Å².